The first-order valence-corrected chi connectivity index (χ1v) is 8.85. The minimum Gasteiger partial charge on any atom is -0.480 e. The van der Waals surface area contributed by atoms with Gasteiger partial charge in [0.25, 0.3) is 5.95 Å². The number of aryl methyl sites for hydroxylation is 1. The number of carbonyl (C=O) groups is 2. The van der Waals surface area contributed by atoms with E-state index in [0.717, 1.165) is 32.4 Å². The molecule has 2 unspecified atom stereocenters. The minimum atomic E-state index is -0.919. The third-order valence-electron chi connectivity index (χ3n) is 5.02. The van der Waals surface area contributed by atoms with E-state index in [0.29, 0.717) is 18.2 Å². The summed E-state index contributed by atoms with van der Waals surface area (Å²) in [6, 6.07) is -0.892. The number of nitrogens with zero attached hydrogens (tertiary/aromatic N) is 4. The molecule has 1 aromatic heterocycles. The summed E-state index contributed by atoms with van der Waals surface area (Å²) in [7, 11) is 0. The molecule has 9 heteroatoms. The van der Waals surface area contributed by atoms with E-state index in [2.05, 4.69) is 27.2 Å². The number of nitrogens with one attached hydrogen (secondary N) is 1. The van der Waals surface area contributed by atoms with Gasteiger partial charge < -0.3 is 9.84 Å². The van der Waals surface area contributed by atoms with Crippen LogP contribution < -0.4 is 5.32 Å². The number of aliphatic carboxylic acids is 1. The summed E-state index contributed by atoms with van der Waals surface area (Å²) in [6.45, 7) is 6.00. The first-order chi connectivity index (χ1) is 12.0. The molecule has 2 N–H and O–H groups in total. The molecule has 0 spiro atoms. The van der Waals surface area contributed by atoms with Crippen molar-refractivity contribution >= 4 is 18.0 Å². The Bertz CT molecular complexity index is 638. The molecule has 0 aromatic carbocycles. The Balaban J connectivity index is 1.80. The zero-order chi connectivity index (χ0) is 18.0. The van der Waals surface area contributed by atoms with Crippen LogP contribution in [-0.4, -0.2) is 62.6 Å². The van der Waals surface area contributed by atoms with Crippen molar-refractivity contribution in [2.45, 2.75) is 51.6 Å². The lowest BCUT2D eigenvalue weighted by Crippen LogP contribution is -2.50. The number of hydrogen-bond acceptors (Lipinski definition) is 6. The number of carbonyl (C=O) groups excluding carboxylic acids is 1. The Morgan fingerprint density at radius 1 is 1.32 bits per heavy atom. The molecule has 25 heavy (non-hydrogen) atoms. The van der Waals surface area contributed by atoms with E-state index < -0.39 is 18.1 Å². The topological polar surface area (TPSA) is 110 Å². The summed E-state index contributed by atoms with van der Waals surface area (Å²) in [5.74, 6) is 0.441. The number of piperidine rings is 1. The second-order valence-electron chi connectivity index (χ2n) is 6.75. The maximum Gasteiger partial charge on any atom is 0.414 e. The van der Waals surface area contributed by atoms with E-state index in [4.69, 9.17) is 4.74 Å². The molecule has 2 atom stereocenters. The number of carboxylic acid groups (broad SMARTS) is 1. The first kappa shape index (κ1) is 17.7. The predicted octanol–water partition coefficient (Wildman–Crippen LogP) is 1.52. The number of ether oxygens (including phenoxy) is 1. The Morgan fingerprint density at radius 2 is 2.04 bits per heavy atom. The third kappa shape index (κ3) is 3.76. The van der Waals surface area contributed by atoms with Gasteiger partial charge in [0.1, 0.15) is 5.82 Å². The molecular formula is C16H25N5O4. The molecule has 3 rings (SSSR count). The van der Waals surface area contributed by atoms with Crippen LogP contribution in [0.3, 0.4) is 0 Å². The smallest absolute Gasteiger partial charge is 0.414 e. The fourth-order valence-corrected chi connectivity index (χ4v) is 3.67. The molecule has 9 nitrogen and oxygen atoms in total. The highest BCUT2D eigenvalue weighted by molar-refractivity contribution is 5.82. The van der Waals surface area contributed by atoms with Gasteiger partial charge in [-0.3, -0.25) is 10.2 Å². The van der Waals surface area contributed by atoms with Crippen molar-refractivity contribution in [2.24, 2.45) is 5.92 Å². The summed E-state index contributed by atoms with van der Waals surface area (Å²) in [4.78, 5) is 30.0. The summed E-state index contributed by atoms with van der Waals surface area (Å²) in [5.41, 5.74) is 0. The van der Waals surface area contributed by atoms with Gasteiger partial charge >= 0.3 is 12.1 Å². The molecule has 3 heterocycles. The second-order valence-corrected chi connectivity index (χ2v) is 6.75. The molecule has 0 bridgehead atoms. The van der Waals surface area contributed by atoms with Crippen LogP contribution in [0.2, 0.25) is 0 Å². The summed E-state index contributed by atoms with van der Waals surface area (Å²) in [5, 5.41) is 16.5. The van der Waals surface area contributed by atoms with Crippen LogP contribution in [0, 0.1) is 5.92 Å². The van der Waals surface area contributed by atoms with Gasteiger partial charge in [0, 0.05) is 12.5 Å². The van der Waals surface area contributed by atoms with Crippen LogP contribution in [0.25, 0.3) is 0 Å². The molecule has 1 aromatic rings. The lowest BCUT2D eigenvalue weighted by Gasteiger charge is -2.41. The minimum absolute atomic E-state index is 0.0904. The van der Waals surface area contributed by atoms with Gasteiger partial charge in [0.15, 0.2) is 6.04 Å². The maximum atomic E-state index is 11.9. The van der Waals surface area contributed by atoms with E-state index in [1.54, 1.807) is 6.92 Å². The number of fused-ring (bicyclic) bond motifs is 1. The van der Waals surface area contributed by atoms with Crippen molar-refractivity contribution in [3.63, 3.8) is 0 Å². The fourth-order valence-electron chi connectivity index (χ4n) is 3.67. The number of carboxylic acids is 1. The van der Waals surface area contributed by atoms with Gasteiger partial charge in [-0.1, -0.05) is 6.92 Å². The third-order valence-corrected chi connectivity index (χ3v) is 5.02. The number of aromatic nitrogens is 3. The molecule has 0 radical (unpaired) electrons. The lowest BCUT2D eigenvalue weighted by molar-refractivity contribution is -0.144. The summed E-state index contributed by atoms with van der Waals surface area (Å²) < 4.78 is 6.27. The molecular weight excluding hydrogens is 326 g/mol. The fraction of sp³-hybridized carbons (Fsp3) is 0.750. The van der Waals surface area contributed by atoms with E-state index >= 15 is 0 Å². The predicted molar refractivity (Wildman–Crippen MR) is 89.4 cm³/mol. The van der Waals surface area contributed by atoms with Crippen molar-refractivity contribution in [2.75, 3.05) is 25.0 Å². The monoisotopic (exact) mass is 351 g/mol. The summed E-state index contributed by atoms with van der Waals surface area (Å²) in [6.07, 6.45) is 2.89. The highest BCUT2D eigenvalue weighted by atomic mass is 16.5. The SMILES string of the molecule is CCOC(=O)Nc1nc2n(n1)C(C(=O)O)C(N1CCC(C)CC1)CC2. The van der Waals surface area contributed by atoms with Crippen LogP contribution in [0.4, 0.5) is 10.7 Å². The number of rotatable bonds is 4. The van der Waals surface area contributed by atoms with Crippen molar-refractivity contribution in [1.82, 2.24) is 19.7 Å². The number of hydrogen-bond donors (Lipinski definition) is 2. The van der Waals surface area contributed by atoms with Gasteiger partial charge in [-0.25, -0.2) is 14.3 Å². The zero-order valence-corrected chi connectivity index (χ0v) is 14.6. The molecule has 2 aliphatic rings. The second kappa shape index (κ2) is 7.38. The van der Waals surface area contributed by atoms with Crippen molar-refractivity contribution in [1.29, 1.82) is 0 Å². The van der Waals surface area contributed by atoms with Crippen molar-refractivity contribution in [3.05, 3.63) is 5.82 Å². The molecule has 138 valence electrons. The van der Waals surface area contributed by atoms with Crippen LogP contribution >= 0.6 is 0 Å². The molecule has 1 amide bonds. The molecule has 2 aliphatic heterocycles. The van der Waals surface area contributed by atoms with E-state index in [9.17, 15) is 14.7 Å². The van der Waals surface area contributed by atoms with Crippen molar-refractivity contribution in [3.8, 4) is 0 Å². The van der Waals surface area contributed by atoms with E-state index in [-0.39, 0.29) is 18.6 Å². The van der Waals surface area contributed by atoms with Gasteiger partial charge in [-0.2, -0.15) is 4.98 Å². The molecule has 0 saturated carbocycles. The van der Waals surface area contributed by atoms with Crippen LogP contribution in [0.5, 0.6) is 0 Å². The number of anilines is 1. The molecule has 1 fully saturated rings. The van der Waals surface area contributed by atoms with Crippen LogP contribution in [0.1, 0.15) is 45.0 Å². The summed E-state index contributed by atoms with van der Waals surface area (Å²) >= 11 is 0. The average Bonchev–Trinajstić information content (AvgIpc) is 2.96. The Labute approximate surface area is 146 Å². The van der Waals surface area contributed by atoms with Gasteiger partial charge in [-0.15, -0.1) is 5.10 Å². The van der Waals surface area contributed by atoms with Gasteiger partial charge in [0.2, 0.25) is 0 Å². The Hall–Kier alpha value is -2.16. The van der Waals surface area contributed by atoms with E-state index in [1.807, 2.05) is 0 Å². The first-order valence-electron chi connectivity index (χ1n) is 8.85. The normalized spacial score (nSPS) is 24.6. The molecule has 0 aliphatic carbocycles. The average molecular weight is 351 g/mol. The largest absolute Gasteiger partial charge is 0.480 e. The maximum absolute atomic E-state index is 11.9. The van der Waals surface area contributed by atoms with Crippen LogP contribution in [0.15, 0.2) is 0 Å². The van der Waals surface area contributed by atoms with Crippen molar-refractivity contribution < 1.29 is 19.4 Å². The van der Waals surface area contributed by atoms with Crippen LogP contribution in [-0.2, 0) is 16.0 Å². The van der Waals surface area contributed by atoms with Gasteiger partial charge in [-0.05, 0) is 45.2 Å². The zero-order valence-electron chi connectivity index (χ0n) is 14.6. The highest BCUT2D eigenvalue weighted by Gasteiger charge is 2.40. The highest BCUT2D eigenvalue weighted by Crippen LogP contribution is 2.31. The number of likely N-dealkylation sites (tertiary alicyclic amines) is 1. The quantitative estimate of drug-likeness (QED) is 0.846. The van der Waals surface area contributed by atoms with Gasteiger partial charge in [0.05, 0.1) is 6.61 Å². The van der Waals surface area contributed by atoms with E-state index in [1.165, 1.54) is 4.68 Å². The number of amides is 1. The standard InChI is InChI=1S/C16H25N5O4/c1-3-25-16(24)18-15-17-12-5-4-11(13(14(22)23)21(12)19-15)20-8-6-10(2)7-9-20/h10-11,13H,3-9H2,1-2H3,(H,22,23)(H,18,19,24). The lowest BCUT2D eigenvalue weighted by atomic mass is 9.92. The Kier molecular flexibility index (Phi) is 5.22. The molecule has 1 saturated heterocycles. The Morgan fingerprint density at radius 3 is 2.68 bits per heavy atom.